The zero-order chi connectivity index (χ0) is 18.5. The van der Waals surface area contributed by atoms with E-state index in [1.807, 2.05) is 30.8 Å². The molecule has 0 radical (unpaired) electrons. The second-order valence-electron chi connectivity index (χ2n) is 6.72. The number of thioether (sulfide) groups is 1. The maximum atomic E-state index is 12.3. The number of benzene rings is 1. The SMILES string of the molecule is Cc1c(CN2CCSCC2)cccc1NC(=O)CCN1C(=O)CCC1=O. The fraction of sp³-hybridized carbons (Fsp3) is 0.526. The molecule has 2 saturated heterocycles. The van der Waals surface area contributed by atoms with Crippen molar-refractivity contribution in [1.82, 2.24) is 9.80 Å². The van der Waals surface area contributed by atoms with Crippen LogP contribution in [0.4, 0.5) is 5.69 Å². The lowest BCUT2D eigenvalue weighted by molar-refractivity contribution is -0.138. The lowest BCUT2D eigenvalue weighted by Crippen LogP contribution is -2.32. The second kappa shape index (κ2) is 8.68. The van der Waals surface area contributed by atoms with E-state index >= 15 is 0 Å². The van der Waals surface area contributed by atoms with E-state index in [-0.39, 0.29) is 43.5 Å². The molecule has 0 aliphatic carbocycles. The minimum atomic E-state index is -0.180. The van der Waals surface area contributed by atoms with E-state index in [9.17, 15) is 14.4 Å². The number of anilines is 1. The summed E-state index contributed by atoms with van der Waals surface area (Å²) in [7, 11) is 0. The lowest BCUT2D eigenvalue weighted by Gasteiger charge is -2.27. The number of carbonyl (C=O) groups excluding carboxylic acids is 3. The van der Waals surface area contributed by atoms with Crippen molar-refractivity contribution in [2.75, 3.05) is 36.5 Å². The standard InChI is InChI=1S/C19H25N3O3S/c1-14-15(13-21-9-11-26-12-10-21)3-2-4-16(14)20-17(23)7-8-22-18(24)5-6-19(22)25/h2-4H,5-13H2,1H3,(H,20,23). The highest BCUT2D eigenvalue weighted by Gasteiger charge is 2.28. The van der Waals surface area contributed by atoms with Gasteiger partial charge in [-0.05, 0) is 24.1 Å². The van der Waals surface area contributed by atoms with Gasteiger partial charge in [0.1, 0.15) is 0 Å². The molecule has 2 fully saturated rings. The van der Waals surface area contributed by atoms with Gasteiger partial charge in [-0.3, -0.25) is 24.2 Å². The quantitative estimate of drug-likeness (QED) is 0.771. The molecule has 2 aliphatic rings. The zero-order valence-corrected chi connectivity index (χ0v) is 15.9. The lowest BCUT2D eigenvalue weighted by atomic mass is 10.1. The Bertz CT molecular complexity index is 685. The highest BCUT2D eigenvalue weighted by molar-refractivity contribution is 7.99. The number of hydrogen-bond donors (Lipinski definition) is 1. The van der Waals surface area contributed by atoms with Crippen LogP contribution in [0.1, 0.15) is 30.4 Å². The predicted molar refractivity (Wildman–Crippen MR) is 103 cm³/mol. The summed E-state index contributed by atoms with van der Waals surface area (Å²) < 4.78 is 0. The summed E-state index contributed by atoms with van der Waals surface area (Å²) in [6.45, 7) is 5.27. The minimum Gasteiger partial charge on any atom is -0.326 e. The Morgan fingerprint density at radius 1 is 1.15 bits per heavy atom. The molecule has 3 amide bonds. The van der Waals surface area contributed by atoms with Gasteiger partial charge < -0.3 is 5.32 Å². The first kappa shape index (κ1) is 18.9. The Morgan fingerprint density at radius 2 is 1.85 bits per heavy atom. The van der Waals surface area contributed by atoms with Gasteiger partial charge in [-0.15, -0.1) is 0 Å². The summed E-state index contributed by atoms with van der Waals surface area (Å²) in [6, 6.07) is 5.97. The third-order valence-corrected chi connectivity index (χ3v) is 5.88. The number of nitrogens with zero attached hydrogens (tertiary/aromatic N) is 2. The van der Waals surface area contributed by atoms with E-state index < -0.39 is 0 Å². The van der Waals surface area contributed by atoms with Crippen LogP contribution in [0.2, 0.25) is 0 Å². The molecule has 3 rings (SSSR count). The number of carbonyl (C=O) groups is 3. The van der Waals surface area contributed by atoms with Crippen LogP contribution in [0.3, 0.4) is 0 Å². The maximum Gasteiger partial charge on any atom is 0.229 e. The Kier molecular flexibility index (Phi) is 6.32. The van der Waals surface area contributed by atoms with Crippen molar-refractivity contribution >= 4 is 35.2 Å². The number of imide groups is 1. The summed E-state index contributed by atoms with van der Waals surface area (Å²) in [5.74, 6) is 1.81. The van der Waals surface area contributed by atoms with Crippen molar-refractivity contribution in [1.29, 1.82) is 0 Å². The molecule has 6 nitrogen and oxygen atoms in total. The third kappa shape index (κ3) is 4.65. The van der Waals surface area contributed by atoms with Gasteiger partial charge in [0.25, 0.3) is 0 Å². The predicted octanol–water partition coefficient (Wildman–Crippen LogP) is 2.02. The van der Waals surface area contributed by atoms with Crippen molar-refractivity contribution in [3.8, 4) is 0 Å². The molecule has 2 heterocycles. The summed E-state index contributed by atoms with van der Waals surface area (Å²) in [5.41, 5.74) is 3.10. The van der Waals surface area contributed by atoms with Crippen LogP contribution in [0.25, 0.3) is 0 Å². The highest BCUT2D eigenvalue weighted by Crippen LogP contribution is 2.22. The van der Waals surface area contributed by atoms with Gasteiger partial charge in [0.05, 0.1) is 0 Å². The van der Waals surface area contributed by atoms with Gasteiger partial charge in [0.2, 0.25) is 17.7 Å². The monoisotopic (exact) mass is 375 g/mol. The van der Waals surface area contributed by atoms with Crippen LogP contribution < -0.4 is 5.32 Å². The average molecular weight is 375 g/mol. The largest absolute Gasteiger partial charge is 0.326 e. The number of rotatable bonds is 6. The molecule has 1 N–H and O–H groups in total. The molecule has 0 unspecified atom stereocenters. The van der Waals surface area contributed by atoms with E-state index in [2.05, 4.69) is 16.3 Å². The van der Waals surface area contributed by atoms with Gasteiger partial charge in [0, 0.05) is 62.6 Å². The van der Waals surface area contributed by atoms with Crippen LogP contribution in [0.15, 0.2) is 18.2 Å². The molecule has 1 aromatic carbocycles. The maximum absolute atomic E-state index is 12.3. The Morgan fingerprint density at radius 3 is 2.54 bits per heavy atom. The molecule has 2 aliphatic heterocycles. The fourth-order valence-corrected chi connectivity index (χ4v) is 4.27. The van der Waals surface area contributed by atoms with Crippen molar-refractivity contribution in [3.05, 3.63) is 29.3 Å². The molecular weight excluding hydrogens is 350 g/mol. The topological polar surface area (TPSA) is 69.7 Å². The average Bonchev–Trinajstić information content (AvgIpc) is 2.95. The molecule has 1 aromatic rings. The molecule has 0 aromatic heterocycles. The Hall–Kier alpha value is -1.86. The molecule has 0 atom stereocenters. The third-order valence-electron chi connectivity index (χ3n) is 4.94. The van der Waals surface area contributed by atoms with E-state index in [4.69, 9.17) is 0 Å². The van der Waals surface area contributed by atoms with Crippen LogP contribution in [-0.4, -0.2) is 58.7 Å². The van der Waals surface area contributed by atoms with Crippen molar-refractivity contribution in [3.63, 3.8) is 0 Å². The number of hydrogen-bond acceptors (Lipinski definition) is 5. The first-order valence-electron chi connectivity index (χ1n) is 9.06. The molecule has 0 saturated carbocycles. The van der Waals surface area contributed by atoms with Gasteiger partial charge in [0.15, 0.2) is 0 Å². The second-order valence-corrected chi connectivity index (χ2v) is 7.94. The number of nitrogens with one attached hydrogen (secondary N) is 1. The molecule has 0 bridgehead atoms. The van der Waals surface area contributed by atoms with E-state index in [1.54, 1.807) is 0 Å². The summed E-state index contributed by atoms with van der Waals surface area (Å²) in [4.78, 5) is 39.1. The van der Waals surface area contributed by atoms with Crippen LogP contribution in [-0.2, 0) is 20.9 Å². The summed E-state index contributed by atoms with van der Waals surface area (Å²) in [5, 5.41) is 2.93. The molecule has 7 heteroatoms. The molecular formula is C19H25N3O3S. The zero-order valence-electron chi connectivity index (χ0n) is 15.1. The van der Waals surface area contributed by atoms with Gasteiger partial charge in [-0.25, -0.2) is 0 Å². The normalized spacial score (nSPS) is 18.4. The molecule has 0 spiro atoms. The van der Waals surface area contributed by atoms with E-state index in [0.29, 0.717) is 0 Å². The molecule has 140 valence electrons. The van der Waals surface area contributed by atoms with Crippen LogP contribution in [0, 0.1) is 6.92 Å². The van der Waals surface area contributed by atoms with E-state index in [0.717, 1.165) is 30.9 Å². The fourth-order valence-electron chi connectivity index (χ4n) is 3.29. The number of amides is 3. The first-order valence-corrected chi connectivity index (χ1v) is 10.2. The first-order chi connectivity index (χ1) is 12.5. The van der Waals surface area contributed by atoms with Gasteiger partial charge in [-0.2, -0.15) is 11.8 Å². The van der Waals surface area contributed by atoms with Crippen molar-refractivity contribution in [2.45, 2.75) is 32.7 Å². The van der Waals surface area contributed by atoms with Crippen LogP contribution in [0.5, 0.6) is 0 Å². The summed E-state index contributed by atoms with van der Waals surface area (Å²) >= 11 is 1.99. The molecule has 26 heavy (non-hydrogen) atoms. The number of likely N-dealkylation sites (tertiary alicyclic amines) is 1. The van der Waals surface area contributed by atoms with Gasteiger partial charge >= 0.3 is 0 Å². The smallest absolute Gasteiger partial charge is 0.229 e. The Balaban J connectivity index is 1.56. The minimum absolute atomic E-state index is 0.129. The van der Waals surface area contributed by atoms with Crippen LogP contribution >= 0.6 is 11.8 Å². The summed E-state index contributed by atoms with van der Waals surface area (Å²) in [6.07, 6.45) is 0.651. The Labute approximate surface area is 158 Å². The highest BCUT2D eigenvalue weighted by atomic mass is 32.2. The van der Waals surface area contributed by atoms with Crippen molar-refractivity contribution < 1.29 is 14.4 Å². The van der Waals surface area contributed by atoms with E-state index in [1.165, 1.54) is 22.0 Å². The van der Waals surface area contributed by atoms with Crippen molar-refractivity contribution in [2.24, 2.45) is 0 Å². The van der Waals surface area contributed by atoms with Gasteiger partial charge in [-0.1, -0.05) is 12.1 Å².